The highest BCUT2D eigenvalue weighted by Gasteiger charge is 2.39. The van der Waals surface area contributed by atoms with Crippen LogP contribution in [0.5, 0.6) is 0 Å². The number of aromatic nitrogens is 5. The van der Waals surface area contributed by atoms with Crippen molar-refractivity contribution in [2.45, 2.75) is 29.7 Å². The van der Waals surface area contributed by atoms with Crippen molar-refractivity contribution in [1.82, 2.24) is 24.9 Å². The highest BCUT2D eigenvalue weighted by molar-refractivity contribution is 7.93. The number of rotatable bonds is 2. The topological polar surface area (TPSA) is 142 Å². The van der Waals surface area contributed by atoms with Crippen molar-refractivity contribution in [1.29, 1.82) is 0 Å². The van der Waals surface area contributed by atoms with E-state index in [0.717, 1.165) is 19.3 Å². The second-order valence-corrected chi connectivity index (χ2v) is 7.87. The molecule has 12 heteroatoms. The van der Waals surface area contributed by atoms with Gasteiger partial charge in [0.05, 0.1) is 11.2 Å². The molecule has 5 rings (SSSR count). The van der Waals surface area contributed by atoms with Crippen molar-refractivity contribution in [2.75, 3.05) is 4.72 Å². The third-order valence-electron chi connectivity index (χ3n) is 4.62. The smallest absolute Gasteiger partial charge is 0.266 e. The number of benzene rings is 1. The summed E-state index contributed by atoms with van der Waals surface area (Å²) >= 11 is 0. The van der Waals surface area contributed by atoms with Gasteiger partial charge in [-0.15, -0.1) is 12.4 Å². The van der Waals surface area contributed by atoms with E-state index in [4.69, 9.17) is 10.3 Å². The lowest BCUT2D eigenvalue weighted by Gasteiger charge is -2.34. The molecule has 26 heavy (non-hydrogen) atoms. The summed E-state index contributed by atoms with van der Waals surface area (Å²) in [7, 11) is -3.76. The van der Waals surface area contributed by atoms with E-state index in [-0.39, 0.29) is 29.1 Å². The Labute approximate surface area is 154 Å². The molecule has 1 fully saturated rings. The first-order valence-electron chi connectivity index (χ1n) is 7.67. The standard InChI is InChI=1S/C14H13N7O3S.ClH/c15-14(4-1-5-14)12-18-11(24-19-12)8-2-3-9-10(6-8)25(22,23)20-13-16-7-17-21(9)13;/h2-3,6-7H,1,4-5,15H2,(H,16,17,20);1H. The minimum absolute atomic E-state index is 0. The lowest BCUT2D eigenvalue weighted by atomic mass is 9.77. The highest BCUT2D eigenvalue weighted by Crippen LogP contribution is 2.38. The summed E-state index contributed by atoms with van der Waals surface area (Å²) in [4.78, 5) is 8.30. The van der Waals surface area contributed by atoms with E-state index >= 15 is 0 Å². The Morgan fingerprint density at radius 2 is 2.12 bits per heavy atom. The maximum atomic E-state index is 12.5. The zero-order chi connectivity index (χ0) is 17.2. The minimum Gasteiger partial charge on any atom is -0.334 e. The normalized spacial score (nSPS) is 18.7. The molecule has 0 radical (unpaired) electrons. The number of fused-ring (bicyclic) bond motifs is 3. The van der Waals surface area contributed by atoms with Crippen LogP contribution in [0.15, 0.2) is 33.9 Å². The molecule has 0 atom stereocenters. The molecule has 3 heterocycles. The SMILES string of the molecule is Cl.NC1(c2noc(-c3ccc4c(c3)S(=O)(=O)Nc3ncnn3-4)n2)CCC1. The molecule has 0 bridgehead atoms. The second kappa shape index (κ2) is 5.50. The number of hydrogen-bond acceptors (Lipinski definition) is 8. The Kier molecular flexibility index (Phi) is 3.58. The lowest BCUT2D eigenvalue weighted by molar-refractivity contribution is 0.229. The molecule has 1 saturated carbocycles. The highest BCUT2D eigenvalue weighted by atomic mass is 35.5. The second-order valence-electron chi connectivity index (χ2n) is 6.22. The Morgan fingerprint density at radius 3 is 2.85 bits per heavy atom. The van der Waals surface area contributed by atoms with Crippen molar-refractivity contribution in [2.24, 2.45) is 5.73 Å². The summed E-state index contributed by atoms with van der Waals surface area (Å²) in [6.07, 6.45) is 3.93. The molecule has 0 amide bonds. The fraction of sp³-hybridized carbons (Fsp3) is 0.286. The summed E-state index contributed by atoms with van der Waals surface area (Å²) in [5, 5.41) is 7.99. The maximum absolute atomic E-state index is 12.5. The summed E-state index contributed by atoms with van der Waals surface area (Å²) < 4.78 is 34.0. The first kappa shape index (κ1) is 16.9. The summed E-state index contributed by atoms with van der Waals surface area (Å²) in [6, 6.07) is 4.81. The third kappa shape index (κ3) is 2.31. The van der Waals surface area contributed by atoms with Gasteiger partial charge in [0.1, 0.15) is 11.2 Å². The van der Waals surface area contributed by atoms with Gasteiger partial charge in [0, 0.05) is 5.56 Å². The Bertz CT molecular complexity index is 1100. The minimum atomic E-state index is -3.76. The number of hydrogen-bond donors (Lipinski definition) is 2. The van der Waals surface area contributed by atoms with Crippen LogP contribution >= 0.6 is 12.4 Å². The number of sulfonamides is 1. The summed E-state index contributed by atoms with van der Waals surface area (Å²) in [5.41, 5.74) is 6.56. The Morgan fingerprint density at radius 1 is 1.31 bits per heavy atom. The van der Waals surface area contributed by atoms with Crippen molar-refractivity contribution in [3.8, 4) is 17.1 Å². The largest absolute Gasteiger partial charge is 0.334 e. The first-order chi connectivity index (χ1) is 12.0. The van der Waals surface area contributed by atoms with Crippen LogP contribution in [-0.2, 0) is 15.6 Å². The molecule has 0 saturated heterocycles. The van der Waals surface area contributed by atoms with Crippen LogP contribution in [0, 0.1) is 0 Å². The van der Waals surface area contributed by atoms with Crippen LogP contribution in [0.3, 0.4) is 0 Å². The van der Waals surface area contributed by atoms with Gasteiger partial charge in [0.25, 0.3) is 15.9 Å². The molecular formula is C14H14ClN7O3S. The number of nitrogens with one attached hydrogen (secondary N) is 1. The van der Waals surface area contributed by atoms with Crippen LogP contribution in [0.2, 0.25) is 0 Å². The van der Waals surface area contributed by atoms with E-state index in [1.807, 2.05) is 0 Å². The van der Waals surface area contributed by atoms with E-state index in [0.29, 0.717) is 17.1 Å². The zero-order valence-electron chi connectivity index (χ0n) is 13.3. The fourth-order valence-electron chi connectivity index (χ4n) is 3.02. The van der Waals surface area contributed by atoms with Gasteiger partial charge in [-0.3, -0.25) is 0 Å². The van der Waals surface area contributed by atoms with Gasteiger partial charge in [0.15, 0.2) is 5.82 Å². The van der Waals surface area contributed by atoms with Crippen LogP contribution < -0.4 is 10.5 Å². The number of halogens is 1. The van der Waals surface area contributed by atoms with Crippen LogP contribution in [0.1, 0.15) is 25.1 Å². The molecule has 3 N–H and O–H groups in total. The van der Waals surface area contributed by atoms with Crippen LogP contribution in [0.4, 0.5) is 5.95 Å². The van der Waals surface area contributed by atoms with Crippen molar-refractivity contribution in [3.63, 3.8) is 0 Å². The molecule has 1 aliphatic heterocycles. The zero-order valence-corrected chi connectivity index (χ0v) is 14.9. The molecule has 3 aromatic rings. The lowest BCUT2D eigenvalue weighted by Crippen LogP contribution is -2.44. The molecule has 1 aliphatic carbocycles. The third-order valence-corrected chi connectivity index (χ3v) is 5.97. The monoisotopic (exact) mass is 395 g/mol. The molecule has 1 aromatic carbocycles. The predicted molar refractivity (Wildman–Crippen MR) is 92.4 cm³/mol. The first-order valence-corrected chi connectivity index (χ1v) is 9.15. The van der Waals surface area contributed by atoms with Crippen molar-refractivity contribution in [3.05, 3.63) is 30.4 Å². The Balaban J connectivity index is 0.00000168. The number of nitrogens with two attached hydrogens (primary N) is 1. The molecular weight excluding hydrogens is 382 g/mol. The van der Waals surface area contributed by atoms with E-state index in [2.05, 4.69) is 24.9 Å². The van der Waals surface area contributed by atoms with Gasteiger partial charge in [0.2, 0.25) is 5.95 Å². The quantitative estimate of drug-likeness (QED) is 0.658. The number of anilines is 1. The van der Waals surface area contributed by atoms with E-state index in [9.17, 15) is 8.42 Å². The van der Waals surface area contributed by atoms with Crippen molar-refractivity contribution < 1.29 is 12.9 Å². The molecule has 0 unspecified atom stereocenters. The van der Waals surface area contributed by atoms with Gasteiger partial charge in [-0.2, -0.15) is 19.7 Å². The van der Waals surface area contributed by atoms with E-state index in [1.165, 1.54) is 17.1 Å². The molecule has 10 nitrogen and oxygen atoms in total. The average Bonchev–Trinajstić information content (AvgIpc) is 3.21. The van der Waals surface area contributed by atoms with Gasteiger partial charge in [-0.05, 0) is 37.5 Å². The predicted octanol–water partition coefficient (Wildman–Crippen LogP) is 1.19. The van der Waals surface area contributed by atoms with Gasteiger partial charge in [-0.1, -0.05) is 5.16 Å². The Hall–Kier alpha value is -2.50. The van der Waals surface area contributed by atoms with E-state index < -0.39 is 15.6 Å². The van der Waals surface area contributed by atoms with Gasteiger partial charge < -0.3 is 10.3 Å². The maximum Gasteiger partial charge on any atom is 0.266 e. The molecule has 2 aliphatic rings. The molecule has 0 spiro atoms. The summed E-state index contributed by atoms with van der Waals surface area (Å²) in [5.74, 6) is 0.829. The van der Waals surface area contributed by atoms with Crippen molar-refractivity contribution >= 4 is 28.4 Å². The fourth-order valence-corrected chi connectivity index (χ4v) is 4.23. The molecule has 2 aromatic heterocycles. The van der Waals surface area contributed by atoms with Gasteiger partial charge in [-0.25, -0.2) is 13.1 Å². The summed E-state index contributed by atoms with van der Waals surface area (Å²) in [6.45, 7) is 0. The van der Waals surface area contributed by atoms with Crippen LogP contribution in [-0.4, -0.2) is 33.3 Å². The molecule has 136 valence electrons. The van der Waals surface area contributed by atoms with Gasteiger partial charge >= 0.3 is 0 Å². The average molecular weight is 396 g/mol. The van der Waals surface area contributed by atoms with E-state index in [1.54, 1.807) is 12.1 Å². The number of nitrogens with zero attached hydrogens (tertiary/aromatic N) is 5. The van der Waals surface area contributed by atoms with Crippen LogP contribution in [0.25, 0.3) is 17.1 Å².